The highest BCUT2D eigenvalue weighted by molar-refractivity contribution is 6.01. The molecule has 1 aliphatic heterocycles. The van der Waals surface area contributed by atoms with Gasteiger partial charge in [-0.05, 0) is 41.6 Å². The van der Waals surface area contributed by atoms with Crippen LogP contribution in [-0.4, -0.2) is 21.0 Å². The minimum absolute atomic E-state index is 0.0363. The molecule has 1 unspecified atom stereocenters. The number of phenolic OH excluding ortho intramolecular Hbond substituents is 1. The van der Waals surface area contributed by atoms with Crippen LogP contribution in [0.25, 0.3) is 22.2 Å². The van der Waals surface area contributed by atoms with E-state index in [4.69, 9.17) is 4.98 Å². The predicted octanol–water partition coefficient (Wildman–Crippen LogP) is 4.95. The minimum atomic E-state index is -0.0854. The van der Waals surface area contributed by atoms with Crippen molar-refractivity contribution in [3.8, 4) is 17.1 Å². The molecule has 2 aliphatic rings. The van der Waals surface area contributed by atoms with Gasteiger partial charge in [0.15, 0.2) is 5.82 Å². The van der Waals surface area contributed by atoms with Gasteiger partial charge in [-0.1, -0.05) is 44.2 Å². The fraction of sp³-hybridized carbons (Fsp3) is 0.217. The number of anilines is 1. The summed E-state index contributed by atoms with van der Waals surface area (Å²) in [6, 6.07) is 17.3. The van der Waals surface area contributed by atoms with Gasteiger partial charge in [0.2, 0.25) is 5.91 Å². The summed E-state index contributed by atoms with van der Waals surface area (Å²) >= 11 is 0. The quantitative estimate of drug-likeness (QED) is 0.463. The molecule has 2 aromatic carbocycles. The highest BCUT2D eigenvalue weighted by atomic mass is 16.3. The zero-order valence-corrected chi connectivity index (χ0v) is 16.0. The first-order valence-corrected chi connectivity index (χ1v) is 9.54. The maximum atomic E-state index is 12.5. The second-order valence-corrected chi connectivity index (χ2v) is 7.20. The molecule has 1 heterocycles. The van der Waals surface area contributed by atoms with E-state index in [1.165, 1.54) is 0 Å². The van der Waals surface area contributed by atoms with Crippen LogP contribution in [0.5, 0.6) is 5.75 Å². The first kappa shape index (κ1) is 18.0. The molecule has 0 saturated heterocycles. The number of rotatable bonds is 5. The number of carbonyl (C=O) groups excluding carboxylic acids is 1. The molecule has 4 rings (SSSR count). The first-order chi connectivity index (χ1) is 13.5. The molecule has 1 atom stereocenters. The highest BCUT2D eigenvalue weighted by Crippen LogP contribution is 2.35. The van der Waals surface area contributed by atoms with Crippen molar-refractivity contribution < 1.29 is 9.90 Å². The predicted molar refractivity (Wildman–Crippen MR) is 112 cm³/mol. The lowest BCUT2D eigenvalue weighted by Gasteiger charge is -2.15. The Labute approximate surface area is 163 Å². The number of aromatic nitrogens is 2. The zero-order valence-electron chi connectivity index (χ0n) is 16.0. The zero-order chi connectivity index (χ0) is 19.7. The highest BCUT2D eigenvalue weighted by Gasteiger charge is 2.20. The van der Waals surface area contributed by atoms with E-state index in [0.717, 1.165) is 39.8 Å². The van der Waals surface area contributed by atoms with Crippen LogP contribution in [-0.2, 0) is 11.2 Å². The SMILES string of the molecule is CCC(C)C(=O)Nc1nc2cc3cc(O)ccc3c-2[nH]c1Cc1ccccc1. The normalized spacial score (nSPS) is 12.4. The number of nitrogens with zero attached hydrogens (tertiary/aromatic N) is 1. The Kier molecular flexibility index (Phi) is 4.74. The molecule has 142 valence electrons. The van der Waals surface area contributed by atoms with Crippen LogP contribution in [0.1, 0.15) is 31.5 Å². The summed E-state index contributed by atoms with van der Waals surface area (Å²) in [7, 11) is 0. The Morgan fingerprint density at radius 3 is 2.71 bits per heavy atom. The van der Waals surface area contributed by atoms with Crippen LogP contribution >= 0.6 is 0 Å². The molecular formula is C23H23N3O2. The molecular weight excluding hydrogens is 350 g/mol. The van der Waals surface area contributed by atoms with Crippen LogP contribution in [0.3, 0.4) is 0 Å². The third-order valence-electron chi connectivity index (χ3n) is 5.17. The third-order valence-corrected chi connectivity index (χ3v) is 5.17. The largest absolute Gasteiger partial charge is 0.508 e. The Morgan fingerprint density at radius 2 is 1.96 bits per heavy atom. The number of hydrogen-bond acceptors (Lipinski definition) is 3. The van der Waals surface area contributed by atoms with Crippen LogP contribution in [0.4, 0.5) is 5.82 Å². The van der Waals surface area contributed by atoms with E-state index >= 15 is 0 Å². The average Bonchev–Trinajstić information content (AvgIpc) is 3.04. The number of amides is 1. The summed E-state index contributed by atoms with van der Waals surface area (Å²) in [5.74, 6) is 0.655. The molecule has 0 aromatic heterocycles. The maximum absolute atomic E-state index is 12.5. The molecule has 5 heteroatoms. The van der Waals surface area contributed by atoms with Gasteiger partial charge in [-0.15, -0.1) is 0 Å². The lowest BCUT2D eigenvalue weighted by molar-refractivity contribution is -0.119. The number of H-pyrrole nitrogens is 1. The number of aromatic amines is 1. The van der Waals surface area contributed by atoms with Gasteiger partial charge >= 0.3 is 0 Å². The van der Waals surface area contributed by atoms with E-state index in [2.05, 4.69) is 22.4 Å². The van der Waals surface area contributed by atoms with E-state index in [0.29, 0.717) is 12.2 Å². The van der Waals surface area contributed by atoms with Gasteiger partial charge in [0.1, 0.15) is 5.75 Å². The number of phenols is 1. The second kappa shape index (κ2) is 7.35. The van der Waals surface area contributed by atoms with Crippen molar-refractivity contribution >= 4 is 22.5 Å². The van der Waals surface area contributed by atoms with Gasteiger partial charge < -0.3 is 15.4 Å². The summed E-state index contributed by atoms with van der Waals surface area (Å²) < 4.78 is 0. The monoisotopic (exact) mass is 373 g/mol. The topological polar surface area (TPSA) is 78.0 Å². The summed E-state index contributed by atoms with van der Waals surface area (Å²) in [6.07, 6.45) is 1.40. The first-order valence-electron chi connectivity index (χ1n) is 9.54. The smallest absolute Gasteiger partial charge is 0.228 e. The van der Waals surface area contributed by atoms with Gasteiger partial charge in [0, 0.05) is 17.7 Å². The minimum Gasteiger partial charge on any atom is -0.508 e. The van der Waals surface area contributed by atoms with Crippen LogP contribution in [0.2, 0.25) is 0 Å². The van der Waals surface area contributed by atoms with Crippen molar-refractivity contribution in [2.24, 2.45) is 5.92 Å². The molecule has 28 heavy (non-hydrogen) atoms. The van der Waals surface area contributed by atoms with E-state index < -0.39 is 0 Å². The van der Waals surface area contributed by atoms with Gasteiger partial charge in [-0.3, -0.25) is 4.79 Å². The van der Waals surface area contributed by atoms with Crippen LogP contribution < -0.4 is 5.32 Å². The molecule has 0 saturated carbocycles. The van der Waals surface area contributed by atoms with Crippen molar-refractivity contribution in [3.05, 3.63) is 65.9 Å². The fourth-order valence-corrected chi connectivity index (χ4v) is 3.33. The van der Waals surface area contributed by atoms with Crippen molar-refractivity contribution in [1.29, 1.82) is 0 Å². The summed E-state index contributed by atoms with van der Waals surface area (Å²) in [4.78, 5) is 20.7. The van der Waals surface area contributed by atoms with E-state index in [1.54, 1.807) is 12.1 Å². The number of benzene rings is 2. The summed E-state index contributed by atoms with van der Waals surface area (Å²) in [5.41, 5.74) is 3.66. The van der Waals surface area contributed by atoms with Crippen LogP contribution in [0, 0.1) is 5.92 Å². The molecule has 1 amide bonds. The number of aromatic hydroxyl groups is 1. The third kappa shape index (κ3) is 3.43. The Bertz CT molecular complexity index is 1100. The van der Waals surface area contributed by atoms with Crippen molar-refractivity contribution in [2.75, 3.05) is 5.32 Å². The number of carbonyl (C=O) groups is 1. The van der Waals surface area contributed by atoms with Gasteiger partial charge in [0.25, 0.3) is 0 Å². The van der Waals surface area contributed by atoms with Crippen molar-refractivity contribution in [3.63, 3.8) is 0 Å². The number of nitrogens with one attached hydrogen (secondary N) is 2. The molecule has 0 spiro atoms. The van der Waals surface area contributed by atoms with Gasteiger partial charge in [-0.25, -0.2) is 4.98 Å². The van der Waals surface area contributed by atoms with E-state index in [9.17, 15) is 9.90 Å². The van der Waals surface area contributed by atoms with Gasteiger partial charge in [-0.2, -0.15) is 0 Å². The molecule has 0 fully saturated rings. The second-order valence-electron chi connectivity index (χ2n) is 7.20. The molecule has 5 nitrogen and oxygen atoms in total. The van der Waals surface area contributed by atoms with E-state index in [1.807, 2.05) is 44.2 Å². The van der Waals surface area contributed by atoms with E-state index in [-0.39, 0.29) is 17.6 Å². The van der Waals surface area contributed by atoms with Gasteiger partial charge in [0.05, 0.1) is 17.1 Å². The fourth-order valence-electron chi connectivity index (χ4n) is 3.33. The Balaban J connectivity index is 1.84. The maximum Gasteiger partial charge on any atom is 0.228 e. The average molecular weight is 373 g/mol. The Morgan fingerprint density at radius 1 is 1.18 bits per heavy atom. The lowest BCUT2D eigenvalue weighted by Crippen LogP contribution is -2.22. The molecule has 1 aliphatic carbocycles. The summed E-state index contributed by atoms with van der Waals surface area (Å²) in [6.45, 7) is 3.91. The van der Waals surface area contributed by atoms with Crippen LogP contribution in [0.15, 0.2) is 54.6 Å². The standard InChI is InChI=1S/C23H23N3O2/c1-3-14(2)23(28)26-22-20(11-15-7-5-4-6-8-15)24-21-18-10-9-17(27)12-16(18)13-19(21)25-22/h4-10,12-14,24,27H,3,11H2,1-2H3,(H,26,28). The van der Waals surface area contributed by atoms with Crippen molar-refractivity contribution in [2.45, 2.75) is 26.7 Å². The van der Waals surface area contributed by atoms with Crippen molar-refractivity contribution in [1.82, 2.24) is 9.97 Å². The molecule has 0 bridgehead atoms. The lowest BCUT2D eigenvalue weighted by atomic mass is 10.1. The number of fused-ring (bicyclic) bond motifs is 3. The number of hydrogen-bond donors (Lipinski definition) is 3. The Hall–Kier alpha value is -3.34. The molecule has 0 radical (unpaired) electrons. The summed E-state index contributed by atoms with van der Waals surface area (Å²) in [5, 5.41) is 14.7. The molecule has 3 N–H and O–H groups in total. The molecule has 2 aromatic rings.